The van der Waals surface area contributed by atoms with E-state index in [1.54, 1.807) is 12.1 Å². The molecule has 0 spiro atoms. The number of aliphatic carboxylic acids is 1. The molecule has 1 heterocycles. The van der Waals surface area contributed by atoms with Crippen LogP contribution in [0, 0.1) is 0 Å². The highest BCUT2D eigenvalue weighted by Gasteiger charge is 2.42. The Morgan fingerprint density at radius 2 is 1.78 bits per heavy atom. The lowest BCUT2D eigenvalue weighted by atomic mass is 9.98. The fraction of sp³-hybridized carbons (Fsp3) is 0.533. The molecule has 6 N–H and O–H groups in total. The minimum Gasteiger partial charge on any atom is -0.508 e. The summed E-state index contributed by atoms with van der Waals surface area (Å²) in [6, 6.07) is 5.00. The molecular formula is C15H21NO7. The molecule has 1 aliphatic rings. The maximum Gasteiger partial charge on any atom is 0.321 e. The first-order valence-electron chi connectivity index (χ1n) is 7.26. The van der Waals surface area contributed by atoms with Gasteiger partial charge in [0.2, 0.25) is 0 Å². The normalized spacial score (nSPS) is 32.4. The van der Waals surface area contributed by atoms with Crippen LogP contribution in [0.3, 0.4) is 0 Å². The third-order valence-electron chi connectivity index (χ3n) is 3.89. The van der Waals surface area contributed by atoms with E-state index in [2.05, 4.69) is 5.32 Å². The fourth-order valence-electron chi connectivity index (χ4n) is 2.47. The second-order valence-corrected chi connectivity index (χ2v) is 5.66. The molecule has 0 radical (unpaired) electrons. The average molecular weight is 327 g/mol. The smallest absolute Gasteiger partial charge is 0.321 e. The summed E-state index contributed by atoms with van der Waals surface area (Å²) < 4.78 is 5.34. The predicted octanol–water partition coefficient (Wildman–Crippen LogP) is -1.19. The number of nitrogens with one attached hydrogen (secondary N) is 1. The standard InChI is InChI=1S/C15H21NO7/c1-7-11(18)12(19)13(20)14(23-7)16-10(15(21)22)6-8-2-4-9(17)5-3-8/h2-5,7,10-14,16-20H,6H2,1H3,(H,21,22)/t7?,10?,11-,12-,13+,14+/m1/s1. The molecule has 0 saturated carbocycles. The van der Waals surface area contributed by atoms with Crippen LogP contribution in [0.4, 0.5) is 0 Å². The van der Waals surface area contributed by atoms with Gasteiger partial charge in [0.15, 0.2) is 0 Å². The zero-order chi connectivity index (χ0) is 17.1. The number of aromatic hydroxyl groups is 1. The summed E-state index contributed by atoms with van der Waals surface area (Å²) in [5.41, 5.74) is 0.668. The van der Waals surface area contributed by atoms with Gasteiger partial charge in [-0.1, -0.05) is 12.1 Å². The Hall–Kier alpha value is -1.71. The SMILES string of the molecule is CC1O[C@H](NC(Cc2ccc(O)cc2)C(=O)O)[C@@H](O)[C@H](O)[C@@H]1O. The van der Waals surface area contributed by atoms with Gasteiger partial charge in [-0.3, -0.25) is 10.1 Å². The molecule has 0 aliphatic carbocycles. The molecule has 6 atom stereocenters. The van der Waals surface area contributed by atoms with Gasteiger partial charge < -0.3 is 30.3 Å². The minimum absolute atomic E-state index is 0.0746. The van der Waals surface area contributed by atoms with Crippen LogP contribution in [0.15, 0.2) is 24.3 Å². The Morgan fingerprint density at radius 3 is 2.35 bits per heavy atom. The number of benzene rings is 1. The van der Waals surface area contributed by atoms with Gasteiger partial charge in [-0.25, -0.2) is 0 Å². The van der Waals surface area contributed by atoms with E-state index >= 15 is 0 Å². The molecule has 2 unspecified atom stereocenters. The first-order valence-corrected chi connectivity index (χ1v) is 7.26. The summed E-state index contributed by atoms with van der Waals surface area (Å²) in [5, 5.41) is 50.6. The zero-order valence-corrected chi connectivity index (χ0v) is 12.5. The number of rotatable bonds is 5. The molecule has 0 aromatic heterocycles. The van der Waals surface area contributed by atoms with Gasteiger partial charge >= 0.3 is 5.97 Å². The number of hydrogen-bond donors (Lipinski definition) is 6. The van der Waals surface area contributed by atoms with Gasteiger partial charge in [-0.05, 0) is 31.0 Å². The largest absolute Gasteiger partial charge is 0.508 e. The van der Waals surface area contributed by atoms with Crippen molar-refractivity contribution in [3.05, 3.63) is 29.8 Å². The monoisotopic (exact) mass is 327 g/mol. The molecule has 128 valence electrons. The van der Waals surface area contributed by atoms with E-state index in [0.717, 1.165) is 0 Å². The number of phenolic OH excluding ortho intramolecular Hbond substituents is 1. The number of carboxylic acids is 1. The maximum absolute atomic E-state index is 11.4. The van der Waals surface area contributed by atoms with Crippen molar-refractivity contribution in [1.82, 2.24) is 5.32 Å². The summed E-state index contributed by atoms with van der Waals surface area (Å²) in [6.07, 6.45) is -5.92. The van der Waals surface area contributed by atoms with Crippen molar-refractivity contribution in [2.45, 2.75) is 50.0 Å². The highest BCUT2D eigenvalue weighted by Crippen LogP contribution is 2.20. The number of aliphatic hydroxyl groups excluding tert-OH is 3. The first kappa shape index (κ1) is 17.6. The Morgan fingerprint density at radius 1 is 1.17 bits per heavy atom. The van der Waals surface area contributed by atoms with Crippen molar-refractivity contribution in [2.24, 2.45) is 0 Å². The van der Waals surface area contributed by atoms with Gasteiger partial charge in [0.25, 0.3) is 0 Å². The first-order chi connectivity index (χ1) is 10.8. The van der Waals surface area contributed by atoms with Crippen LogP contribution in [0.25, 0.3) is 0 Å². The molecule has 1 aromatic rings. The Labute approximate surface area is 133 Å². The van der Waals surface area contributed by atoms with E-state index in [0.29, 0.717) is 5.56 Å². The highest BCUT2D eigenvalue weighted by molar-refractivity contribution is 5.74. The Bertz CT molecular complexity index is 535. The minimum atomic E-state index is -1.46. The third-order valence-corrected chi connectivity index (χ3v) is 3.89. The van der Waals surface area contributed by atoms with E-state index in [1.165, 1.54) is 19.1 Å². The van der Waals surface area contributed by atoms with Crippen LogP contribution in [-0.2, 0) is 16.0 Å². The molecule has 8 heteroatoms. The van der Waals surface area contributed by atoms with Gasteiger partial charge in [0, 0.05) is 0 Å². The summed E-state index contributed by atoms with van der Waals surface area (Å²) >= 11 is 0. The lowest BCUT2D eigenvalue weighted by Crippen LogP contribution is -2.63. The highest BCUT2D eigenvalue weighted by atomic mass is 16.5. The van der Waals surface area contributed by atoms with E-state index in [4.69, 9.17) is 4.74 Å². The number of aliphatic hydroxyl groups is 3. The molecule has 23 heavy (non-hydrogen) atoms. The van der Waals surface area contributed by atoms with Crippen LogP contribution in [-0.4, -0.2) is 68.2 Å². The molecule has 1 fully saturated rings. The molecule has 0 bridgehead atoms. The quantitative estimate of drug-likeness (QED) is 0.397. The van der Waals surface area contributed by atoms with Crippen molar-refractivity contribution in [2.75, 3.05) is 0 Å². The van der Waals surface area contributed by atoms with Gasteiger partial charge in [-0.15, -0.1) is 0 Å². The van der Waals surface area contributed by atoms with Crippen molar-refractivity contribution < 1.29 is 35.1 Å². The molecule has 1 aromatic carbocycles. The van der Waals surface area contributed by atoms with E-state index in [-0.39, 0.29) is 12.2 Å². The Kier molecular flexibility index (Phi) is 5.55. The van der Waals surface area contributed by atoms with Gasteiger partial charge in [-0.2, -0.15) is 0 Å². The number of hydrogen-bond acceptors (Lipinski definition) is 7. The van der Waals surface area contributed by atoms with Crippen molar-refractivity contribution in [3.8, 4) is 5.75 Å². The van der Waals surface area contributed by atoms with Gasteiger partial charge in [0.05, 0.1) is 6.10 Å². The molecule has 1 aliphatic heterocycles. The predicted molar refractivity (Wildman–Crippen MR) is 78.7 cm³/mol. The lowest BCUT2D eigenvalue weighted by molar-refractivity contribution is -0.227. The molecule has 1 saturated heterocycles. The van der Waals surface area contributed by atoms with Crippen LogP contribution in [0.2, 0.25) is 0 Å². The summed E-state index contributed by atoms with van der Waals surface area (Å²) in [5.74, 6) is -1.08. The summed E-state index contributed by atoms with van der Waals surface area (Å²) in [4.78, 5) is 11.4. The molecular weight excluding hydrogens is 306 g/mol. The number of phenols is 1. The Balaban J connectivity index is 2.07. The summed E-state index contributed by atoms with van der Waals surface area (Å²) in [7, 11) is 0. The second kappa shape index (κ2) is 7.24. The van der Waals surface area contributed by atoms with Crippen molar-refractivity contribution in [1.29, 1.82) is 0 Å². The van der Waals surface area contributed by atoms with E-state index in [9.17, 15) is 30.3 Å². The lowest BCUT2D eigenvalue weighted by Gasteiger charge is -2.40. The number of carbonyl (C=O) groups is 1. The second-order valence-electron chi connectivity index (χ2n) is 5.66. The van der Waals surface area contributed by atoms with E-state index < -0.39 is 42.7 Å². The zero-order valence-electron chi connectivity index (χ0n) is 12.5. The molecule has 2 rings (SSSR count). The molecule has 8 nitrogen and oxygen atoms in total. The average Bonchev–Trinajstić information content (AvgIpc) is 2.51. The van der Waals surface area contributed by atoms with Crippen LogP contribution in [0.1, 0.15) is 12.5 Å². The summed E-state index contributed by atoms with van der Waals surface area (Å²) in [6.45, 7) is 1.52. The topological polar surface area (TPSA) is 139 Å². The van der Waals surface area contributed by atoms with Gasteiger partial charge in [0.1, 0.15) is 36.3 Å². The van der Waals surface area contributed by atoms with Crippen LogP contribution in [0.5, 0.6) is 5.75 Å². The number of ether oxygens (including phenoxy) is 1. The van der Waals surface area contributed by atoms with Crippen molar-refractivity contribution in [3.63, 3.8) is 0 Å². The fourth-order valence-corrected chi connectivity index (χ4v) is 2.47. The maximum atomic E-state index is 11.4. The number of carboxylic acid groups (broad SMARTS) is 1. The van der Waals surface area contributed by atoms with E-state index in [1.807, 2.05) is 0 Å². The van der Waals surface area contributed by atoms with Crippen molar-refractivity contribution >= 4 is 5.97 Å². The van der Waals surface area contributed by atoms with Crippen LogP contribution < -0.4 is 5.32 Å². The van der Waals surface area contributed by atoms with Crippen LogP contribution >= 0.6 is 0 Å². The third kappa shape index (κ3) is 4.18. The molecule has 0 amide bonds.